The minimum absolute atomic E-state index is 0.171. The number of nitrogens with one attached hydrogen (secondary N) is 2. The fourth-order valence-electron chi connectivity index (χ4n) is 1.76. The van der Waals surface area contributed by atoms with Gasteiger partial charge in [-0.1, -0.05) is 6.58 Å². The molecule has 4 nitrogen and oxygen atoms in total. The van der Waals surface area contributed by atoms with E-state index < -0.39 is 0 Å². The molecule has 0 spiro atoms. The summed E-state index contributed by atoms with van der Waals surface area (Å²) in [4.78, 5) is 11.8. The summed E-state index contributed by atoms with van der Waals surface area (Å²) in [6.45, 7) is 3.79. The van der Waals surface area contributed by atoms with E-state index in [9.17, 15) is 9.18 Å². The molecule has 2 N–H and O–H groups in total. The highest BCUT2D eigenvalue weighted by atomic mass is 19.1. The summed E-state index contributed by atoms with van der Waals surface area (Å²) >= 11 is 0. The Morgan fingerprint density at radius 3 is 2.55 bits per heavy atom. The first-order chi connectivity index (χ1) is 9.56. The Bertz CT molecular complexity index is 616. The van der Waals surface area contributed by atoms with Crippen molar-refractivity contribution < 1.29 is 9.18 Å². The van der Waals surface area contributed by atoms with Crippen molar-refractivity contribution in [1.29, 1.82) is 0 Å². The molecule has 2 rings (SSSR count). The molecule has 0 saturated heterocycles. The molecule has 0 aliphatic heterocycles. The average molecular weight is 273 g/mol. The molecule has 5 heteroatoms. The Hall–Kier alpha value is -2.56. The molecule has 0 bridgehead atoms. The second kappa shape index (κ2) is 6.06. The van der Waals surface area contributed by atoms with Crippen LogP contribution in [0.2, 0.25) is 0 Å². The number of amides is 1. The third kappa shape index (κ3) is 3.47. The van der Waals surface area contributed by atoms with E-state index in [0.717, 1.165) is 5.69 Å². The van der Waals surface area contributed by atoms with Gasteiger partial charge < -0.3 is 4.57 Å². The Kier molecular flexibility index (Phi) is 4.20. The van der Waals surface area contributed by atoms with Gasteiger partial charge in [-0.25, -0.2) is 4.39 Å². The van der Waals surface area contributed by atoms with Gasteiger partial charge in [0.1, 0.15) is 5.82 Å². The average Bonchev–Trinajstić information content (AvgIpc) is 2.82. The van der Waals surface area contributed by atoms with Gasteiger partial charge in [0.2, 0.25) is 5.91 Å². The molecule has 1 amide bonds. The maximum Gasteiger partial charge on any atom is 0.244 e. The zero-order valence-electron chi connectivity index (χ0n) is 11.2. The van der Waals surface area contributed by atoms with E-state index in [1.54, 1.807) is 12.1 Å². The number of nitrogens with zero attached hydrogens (tertiary/aromatic N) is 1. The number of hydrogen-bond donors (Lipinski definition) is 2. The lowest BCUT2D eigenvalue weighted by Crippen LogP contribution is -2.37. The molecular formula is C15H16FN3O. The summed E-state index contributed by atoms with van der Waals surface area (Å²) < 4.78 is 14.7. The van der Waals surface area contributed by atoms with Gasteiger partial charge in [0, 0.05) is 18.9 Å². The van der Waals surface area contributed by atoms with Crippen molar-refractivity contribution in [3.63, 3.8) is 0 Å². The summed E-state index contributed by atoms with van der Waals surface area (Å²) in [6.07, 6.45) is 2.15. The Morgan fingerprint density at radius 1 is 1.25 bits per heavy atom. The zero-order valence-corrected chi connectivity index (χ0v) is 11.2. The first kappa shape index (κ1) is 13.9. The SMILES string of the molecule is C=C(NNC(=O)Cc1cccn1C)c1ccc(F)cc1. The predicted octanol–water partition coefficient (Wildman–Crippen LogP) is 2.00. The van der Waals surface area contributed by atoms with Crippen LogP contribution < -0.4 is 10.9 Å². The van der Waals surface area contributed by atoms with Crippen LogP contribution in [0.1, 0.15) is 11.3 Å². The van der Waals surface area contributed by atoms with Crippen LogP contribution in [0.5, 0.6) is 0 Å². The number of carbonyl (C=O) groups is 1. The lowest BCUT2D eigenvalue weighted by molar-refractivity contribution is -0.121. The molecule has 0 aliphatic rings. The fraction of sp³-hybridized carbons (Fsp3) is 0.133. The summed E-state index contributed by atoms with van der Waals surface area (Å²) in [5.41, 5.74) is 7.42. The van der Waals surface area contributed by atoms with Gasteiger partial charge >= 0.3 is 0 Å². The monoisotopic (exact) mass is 273 g/mol. The fourth-order valence-corrected chi connectivity index (χ4v) is 1.76. The summed E-state index contributed by atoms with van der Waals surface area (Å²) in [5.74, 6) is -0.482. The molecule has 2 aromatic rings. The van der Waals surface area contributed by atoms with Crippen LogP contribution in [-0.2, 0) is 18.3 Å². The van der Waals surface area contributed by atoms with Crippen molar-refractivity contribution in [3.05, 3.63) is 66.2 Å². The van der Waals surface area contributed by atoms with Gasteiger partial charge in [-0.3, -0.25) is 15.6 Å². The van der Waals surface area contributed by atoms with Gasteiger partial charge in [0.05, 0.1) is 12.1 Å². The second-order valence-corrected chi connectivity index (χ2v) is 4.45. The topological polar surface area (TPSA) is 46.1 Å². The van der Waals surface area contributed by atoms with E-state index in [4.69, 9.17) is 0 Å². The molecule has 1 aromatic heterocycles. The van der Waals surface area contributed by atoms with E-state index in [-0.39, 0.29) is 18.1 Å². The van der Waals surface area contributed by atoms with Crippen LogP contribution in [0.3, 0.4) is 0 Å². The number of aromatic nitrogens is 1. The highest BCUT2D eigenvalue weighted by Gasteiger charge is 2.06. The molecule has 0 fully saturated rings. The molecule has 0 aliphatic carbocycles. The van der Waals surface area contributed by atoms with Crippen molar-refractivity contribution in [2.24, 2.45) is 7.05 Å². The van der Waals surface area contributed by atoms with Crippen LogP contribution in [0.25, 0.3) is 5.70 Å². The van der Waals surface area contributed by atoms with E-state index in [2.05, 4.69) is 17.4 Å². The largest absolute Gasteiger partial charge is 0.354 e. The number of rotatable bonds is 5. The lowest BCUT2D eigenvalue weighted by Gasteiger charge is -2.11. The van der Waals surface area contributed by atoms with Crippen LogP contribution >= 0.6 is 0 Å². The highest BCUT2D eigenvalue weighted by molar-refractivity contribution is 5.79. The molecular weight excluding hydrogens is 257 g/mol. The van der Waals surface area contributed by atoms with E-state index in [1.807, 2.05) is 29.9 Å². The third-order valence-corrected chi connectivity index (χ3v) is 2.94. The first-order valence-corrected chi connectivity index (χ1v) is 6.16. The number of hydrogen-bond acceptors (Lipinski definition) is 2. The van der Waals surface area contributed by atoms with Gasteiger partial charge in [-0.05, 0) is 42.0 Å². The number of halogens is 1. The van der Waals surface area contributed by atoms with E-state index >= 15 is 0 Å². The van der Waals surface area contributed by atoms with Crippen molar-refractivity contribution >= 4 is 11.6 Å². The molecule has 104 valence electrons. The van der Waals surface area contributed by atoms with Gasteiger partial charge in [0.15, 0.2) is 0 Å². The maximum absolute atomic E-state index is 12.8. The number of hydrazine groups is 1. The maximum atomic E-state index is 12.8. The van der Waals surface area contributed by atoms with Crippen LogP contribution in [0, 0.1) is 5.82 Å². The van der Waals surface area contributed by atoms with E-state index in [0.29, 0.717) is 11.3 Å². The van der Waals surface area contributed by atoms with Crippen molar-refractivity contribution in [1.82, 2.24) is 15.4 Å². The zero-order chi connectivity index (χ0) is 14.5. The summed E-state index contributed by atoms with van der Waals surface area (Å²) in [6, 6.07) is 9.63. The van der Waals surface area contributed by atoms with Crippen LogP contribution in [-0.4, -0.2) is 10.5 Å². The summed E-state index contributed by atoms with van der Waals surface area (Å²) in [5, 5.41) is 0. The number of carbonyl (C=O) groups excluding carboxylic acids is 1. The van der Waals surface area contributed by atoms with Crippen LogP contribution in [0.15, 0.2) is 49.2 Å². The molecule has 20 heavy (non-hydrogen) atoms. The predicted molar refractivity (Wildman–Crippen MR) is 75.8 cm³/mol. The highest BCUT2D eigenvalue weighted by Crippen LogP contribution is 2.09. The van der Waals surface area contributed by atoms with Gasteiger partial charge in [0.25, 0.3) is 0 Å². The molecule has 1 aromatic carbocycles. The standard InChI is InChI=1S/C15H16FN3O/c1-11(12-5-7-13(16)8-6-12)17-18-15(20)10-14-4-3-9-19(14)2/h3-9,17H,1,10H2,2H3,(H,18,20). The molecule has 0 saturated carbocycles. The molecule has 0 radical (unpaired) electrons. The van der Waals surface area contributed by atoms with Crippen molar-refractivity contribution in [2.45, 2.75) is 6.42 Å². The Balaban J connectivity index is 1.85. The smallest absolute Gasteiger partial charge is 0.244 e. The second-order valence-electron chi connectivity index (χ2n) is 4.45. The summed E-state index contributed by atoms with van der Waals surface area (Å²) in [7, 11) is 1.88. The Morgan fingerprint density at radius 2 is 1.95 bits per heavy atom. The van der Waals surface area contributed by atoms with Crippen LogP contribution in [0.4, 0.5) is 4.39 Å². The lowest BCUT2D eigenvalue weighted by atomic mass is 10.2. The van der Waals surface area contributed by atoms with Gasteiger partial charge in [-0.2, -0.15) is 0 Å². The molecule has 0 atom stereocenters. The molecule has 1 heterocycles. The van der Waals surface area contributed by atoms with Crippen molar-refractivity contribution in [2.75, 3.05) is 0 Å². The van der Waals surface area contributed by atoms with Gasteiger partial charge in [-0.15, -0.1) is 0 Å². The molecule has 0 unspecified atom stereocenters. The van der Waals surface area contributed by atoms with Crippen molar-refractivity contribution in [3.8, 4) is 0 Å². The Labute approximate surface area is 116 Å². The quantitative estimate of drug-likeness (QED) is 0.818. The number of benzene rings is 1. The number of aryl methyl sites for hydroxylation is 1. The minimum Gasteiger partial charge on any atom is -0.354 e. The van der Waals surface area contributed by atoms with E-state index in [1.165, 1.54) is 12.1 Å². The third-order valence-electron chi connectivity index (χ3n) is 2.94. The normalized spacial score (nSPS) is 10.1. The minimum atomic E-state index is -0.311. The first-order valence-electron chi connectivity index (χ1n) is 6.16.